The van der Waals surface area contributed by atoms with Crippen LogP contribution in [0.15, 0.2) is 0 Å². The normalized spacial score (nSPS) is 12.9. The van der Waals surface area contributed by atoms with Crippen molar-refractivity contribution >= 4 is 6.47 Å². The highest BCUT2D eigenvalue weighted by atomic mass is 16.5. The third-order valence-electron chi connectivity index (χ3n) is 2.51. The first-order valence-electron chi connectivity index (χ1n) is 5.72. The van der Waals surface area contributed by atoms with Crippen LogP contribution in [-0.2, 0) is 9.53 Å². The molecular formula is C12H24O2. The van der Waals surface area contributed by atoms with Crippen LogP contribution in [-0.4, -0.2) is 13.1 Å². The Morgan fingerprint density at radius 2 is 1.71 bits per heavy atom. The maximum Gasteiger partial charge on any atom is 0.293 e. The third-order valence-corrected chi connectivity index (χ3v) is 2.51. The zero-order valence-corrected chi connectivity index (χ0v) is 9.79. The molecule has 0 rings (SSSR count). The number of hydrogen-bond acceptors (Lipinski definition) is 2. The van der Waals surface area contributed by atoms with Crippen LogP contribution < -0.4 is 0 Å². The molecule has 1 atom stereocenters. The lowest BCUT2D eigenvalue weighted by molar-refractivity contribution is -0.128. The number of rotatable bonds is 9. The van der Waals surface area contributed by atoms with Crippen molar-refractivity contribution < 1.29 is 9.53 Å². The van der Waals surface area contributed by atoms with Gasteiger partial charge in [0.1, 0.15) is 0 Å². The molecule has 0 spiro atoms. The lowest BCUT2D eigenvalue weighted by Crippen LogP contribution is -1.99. The van der Waals surface area contributed by atoms with Crippen molar-refractivity contribution in [3.63, 3.8) is 0 Å². The van der Waals surface area contributed by atoms with E-state index in [1.165, 1.54) is 25.7 Å². The molecule has 0 radical (unpaired) electrons. The van der Waals surface area contributed by atoms with E-state index in [0.717, 1.165) is 18.3 Å². The van der Waals surface area contributed by atoms with E-state index in [1.807, 2.05) is 0 Å². The molecule has 14 heavy (non-hydrogen) atoms. The molecule has 0 saturated heterocycles. The average Bonchev–Trinajstić information content (AvgIpc) is 2.12. The first-order valence-corrected chi connectivity index (χ1v) is 5.72. The zero-order chi connectivity index (χ0) is 10.8. The molecule has 0 aromatic heterocycles. The fourth-order valence-electron chi connectivity index (χ4n) is 1.58. The maximum absolute atomic E-state index is 9.87. The fraction of sp³-hybridized carbons (Fsp3) is 0.917. The van der Waals surface area contributed by atoms with E-state index in [2.05, 4.69) is 25.5 Å². The Labute approximate surface area is 88.0 Å². The molecule has 0 aliphatic carbocycles. The van der Waals surface area contributed by atoms with Crippen molar-refractivity contribution in [2.75, 3.05) is 6.61 Å². The van der Waals surface area contributed by atoms with E-state index < -0.39 is 0 Å². The molecule has 1 unspecified atom stereocenters. The SMILES string of the molecule is CC(C)CCCC(C)CCCOC=O. The van der Waals surface area contributed by atoms with Crippen LogP contribution >= 0.6 is 0 Å². The van der Waals surface area contributed by atoms with Gasteiger partial charge in [0, 0.05) is 0 Å². The summed E-state index contributed by atoms with van der Waals surface area (Å²) >= 11 is 0. The lowest BCUT2D eigenvalue weighted by atomic mass is 9.96. The maximum atomic E-state index is 9.87. The first-order chi connectivity index (χ1) is 6.66. The molecule has 0 aromatic carbocycles. The summed E-state index contributed by atoms with van der Waals surface area (Å²) in [6.07, 6.45) is 6.13. The summed E-state index contributed by atoms with van der Waals surface area (Å²) in [7, 11) is 0. The number of carbonyl (C=O) groups excluding carboxylic acids is 1. The first kappa shape index (κ1) is 13.5. The van der Waals surface area contributed by atoms with Gasteiger partial charge in [0.2, 0.25) is 0 Å². The van der Waals surface area contributed by atoms with Gasteiger partial charge < -0.3 is 4.74 Å². The molecule has 0 aliphatic heterocycles. The molecule has 0 heterocycles. The molecule has 0 aromatic rings. The molecular weight excluding hydrogens is 176 g/mol. The van der Waals surface area contributed by atoms with Gasteiger partial charge in [0.05, 0.1) is 6.61 Å². The van der Waals surface area contributed by atoms with E-state index >= 15 is 0 Å². The summed E-state index contributed by atoms with van der Waals surface area (Å²) in [5.41, 5.74) is 0. The largest absolute Gasteiger partial charge is 0.468 e. The van der Waals surface area contributed by atoms with Gasteiger partial charge in [-0.05, 0) is 24.7 Å². The van der Waals surface area contributed by atoms with Gasteiger partial charge in [-0.3, -0.25) is 4.79 Å². The van der Waals surface area contributed by atoms with Gasteiger partial charge in [0.25, 0.3) is 6.47 Å². The summed E-state index contributed by atoms with van der Waals surface area (Å²) < 4.78 is 4.65. The Balaban J connectivity index is 3.19. The van der Waals surface area contributed by atoms with Crippen LogP contribution in [0.4, 0.5) is 0 Å². The Bertz CT molecular complexity index is 132. The zero-order valence-electron chi connectivity index (χ0n) is 9.79. The highest BCUT2D eigenvalue weighted by molar-refractivity contribution is 5.36. The predicted octanol–water partition coefficient (Wildman–Crippen LogP) is 3.40. The standard InChI is InChI=1S/C12H24O2/c1-11(2)6-4-7-12(3)8-5-9-14-10-13/h10-12H,4-9H2,1-3H3. The molecule has 0 fully saturated rings. The minimum absolute atomic E-state index is 0.531. The summed E-state index contributed by atoms with van der Waals surface area (Å²) in [4.78, 5) is 9.87. The molecule has 0 bridgehead atoms. The Kier molecular flexibility index (Phi) is 8.70. The summed E-state index contributed by atoms with van der Waals surface area (Å²) in [5, 5.41) is 0. The second-order valence-electron chi connectivity index (χ2n) is 4.54. The molecule has 0 saturated carbocycles. The number of ether oxygens (including phenoxy) is 1. The van der Waals surface area contributed by atoms with Crippen molar-refractivity contribution in [3.8, 4) is 0 Å². The minimum Gasteiger partial charge on any atom is -0.468 e. The Morgan fingerprint density at radius 3 is 2.29 bits per heavy atom. The highest BCUT2D eigenvalue weighted by Gasteiger charge is 2.02. The van der Waals surface area contributed by atoms with Gasteiger partial charge >= 0.3 is 0 Å². The van der Waals surface area contributed by atoms with Gasteiger partial charge in [-0.1, -0.05) is 40.0 Å². The molecule has 2 heteroatoms. The van der Waals surface area contributed by atoms with E-state index in [-0.39, 0.29) is 0 Å². The van der Waals surface area contributed by atoms with Gasteiger partial charge in [-0.15, -0.1) is 0 Å². The van der Waals surface area contributed by atoms with Crippen molar-refractivity contribution in [3.05, 3.63) is 0 Å². The summed E-state index contributed by atoms with van der Waals surface area (Å²) in [5.74, 6) is 1.59. The molecule has 0 aliphatic rings. The van der Waals surface area contributed by atoms with Crippen LogP contribution in [0, 0.1) is 11.8 Å². The molecule has 2 nitrogen and oxygen atoms in total. The van der Waals surface area contributed by atoms with E-state index in [9.17, 15) is 4.79 Å². The quantitative estimate of drug-likeness (QED) is 0.421. The van der Waals surface area contributed by atoms with Crippen LogP contribution in [0.2, 0.25) is 0 Å². The highest BCUT2D eigenvalue weighted by Crippen LogP contribution is 2.16. The van der Waals surface area contributed by atoms with Crippen LogP contribution in [0.3, 0.4) is 0 Å². The number of carbonyl (C=O) groups is 1. The van der Waals surface area contributed by atoms with Crippen molar-refractivity contribution in [2.45, 2.75) is 52.9 Å². The average molecular weight is 200 g/mol. The summed E-state index contributed by atoms with van der Waals surface area (Å²) in [6, 6.07) is 0. The topological polar surface area (TPSA) is 26.3 Å². The van der Waals surface area contributed by atoms with E-state index in [1.54, 1.807) is 0 Å². The fourth-order valence-corrected chi connectivity index (χ4v) is 1.58. The van der Waals surface area contributed by atoms with Crippen LogP contribution in [0.25, 0.3) is 0 Å². The third kappa shape index (κ3) is 9.56. The van der Waals surface area contributed by atoms with E-state index in [4.69, 9.17) is 0 Å². The molecule has 0 amide bonds. The monoisotopic (exact) mass is 200 g/mol. The minimum atomic E-state index is 0.531. The van der Waals surface area contributed by atoms with Crippen molar-refractivity contribution in [1.29, 1.82) is 0 Å². The van der Waals surface area contributed by atoms with Crippen LogP contribution in [0.5, 0.6) is 0 Å². The van der Waals surface area contributed by atoms with Crippen molar-refractivity contribution in [1.82, 2.24) is 0 Å². The van der Waals surface area contributed by atoms with Gasteiger partial charge in [-0.25, -0.2) is 0 Å². The number of hydrogen-bond donors (Lipinski definition) is 0. The van der Waals surface area contributed by atoms with Gasteiger partial charge in [0.15, 0.2) is 0 Å². The van der Waals surface area contributed by atoms with E-state index in [0.29, 0.717) is 13.1 Å². The van der Waals surface area contributed by atoms with Gasteiger partial charge in [-0.2, -0.15) is 0 Å². The Hall–Kier alpha value is -0.530. The summed E-state index contributed by atoms with van der Waals surface area (Å²) in [6.45, 7) is 7.92. The molecule has 0 N–H and O–H groups in total. The smallest absolute Gasteiger partial charge is 0.293 e. The Morgan fingerprint density at radius 1 is 1.07 bits per heavy atom. The second kappa shape index (κ2) is 9.04. The van der Waals surface area contributed by atoms with Crippen molar-refractivity contribution in [2.24, 2.45) is 11.8 Å². The lowest BCUT2D eigenvalue weighted by Gasteiger charge is -2.11. The predicted molar refractivity (Wildman–Crippen MR) is 59.1 cm³/mol. The molecule has 84 valence electrons. The second-order valence-corrected chi connectivity index (χ2v) is 4.54. The van der Waals surface area contributed by atoms with Crippen LogP contribution in [0.1, 0.15) is 52.9 Å².